The fourth-order valence-electron chi connectivity index (χ4n) is 5.16. The first-order valence-electron chi connectivity index (χ1n) is 11.5. The van der Waals surface area contributed by atoms with E-state index in [0.29, 0.717) is 42.0 Å². The lowest BCUT2D eigenvalue weighted by Gasteiger charge is -2.42. The summed E-state index contributed by atoms with van der Waals surface area (Å²) in [6, 6.07) is 13.3. The third-order valence-corrected chi connectivity index (χ3v) is 7.34. The predicted octanol–water partition coefficient (Wildman–Crippen LogP) is 6.22. The number of hydrogen-bond acceptors (Lipinski definition) is 5. The van der Waals surface area contributed by atoms with Crippen molar-refractivity contribution in [1.82, 2.24) is 0 Å². The van der Waals surface area contributed by atoms with E-state index >= 15 is 0 Å². The summed E-state index contributed by atoms with van der Waals surface area (Å²) in [5, 5.41) is 11.6. The average molecular weight is 471 g/mol. The van der Waals surface area contributed by atoms with E-state index in [9.17, 15) is 9.90 Å². The van der Waals surface area contributed by atoms with E-state index in [1.165, 1.54) is 0 Å². The minimum atomic E-state index is -0.687. The molecule has 1 unspecified atom stereocenters. The zero-order valence-corrected chi connectivity index (χ0v) is 20.0. The van der Waals surface area contributed by atoms with Crippen molar-refractivity contribution in [3.05, 3.63) is 69.9 Å². The van der Waals surface area contributed by atoms with Crippen LogP contribution in [0.25, 0.3) is 0 Å². The molecular formula is C27H31ClO5. The monoisotopic (exact) mass is 470 g/mol. The van der Waals surface area contributed by atoms with E-state index in [0.717, 1.165) is 42.6 Å². The van der Waals surface area contributed by atoms with E-state index in [-0.39, 0.29) is 11.7 Å². The highest BCUT2D eigenvalue weighted by atomic mass is 35.5. The van der Waals surface area contributed by atoms with Gasteiger partial charge in [-0.1, -0.05) is 42.6 Å². The first kappa shape index (κ1) is 23.5. The second kappa shape index (κ2) is 10.1. The van der Waals surface area contributed by atoms with Crippen LogP contribution in [0, 0.1) is 5.92 Å². The molecule has 0 radical (unpaired) electrons. The van der Waals surface area contributed by atoms with Gasteiger partial charge in [-0.05, 0) is 67.0 Å². The Labute approximate surface area is 200 Å². The van der Waals surface area contributed by atoms with Crippen molar-refractivity contribution < 1.29 is 24.1 Å². The summed E-state index contributed by atoms with van der Waals surface area (Å²) < 4.78 is 16.7. The van der Waals surface area contributed by atoms with Gasteiger partial charge in [0.15, 0.2) is 0 Å². The summed E-state index contributed by atoms with van der Waals surface area (Å²) in [6.45, 7) is 0. The van der Waals surface area contributed by atoms with Crippen LogP contribution in [0.15, 0.2) is 53.8 Å². The number of aryl methyl sites for hydroxylation is 1. The topological polar surface area (TPSA) is 65.0 Å². The summed E-state index contributed by atoms with van der Waals surface area (Å²) in [6.07, 6.45) is 6.32. The van der Waals surface area contributed by atoms with Gasteiger partial charge in [0.2, 0.25) is 0 Å². The summed E-state index contributed by atoms with van der Waals surface area (Å²) in [5.74, 6) is 1.39. The van der Waals surface area contributed by atoms with Gasteiger partial charge in [0.05, 0.1) is 24.8 Å². The van der Waals surface area contributed by atoms with E-state index in [1.807, 2.05) is 42.5 Å². The highest BCUT2D eigenvalue weighted by Crippen LogP contribution is 2.46. The van der Waals surface area contributed by atoms with Gasteiger partial charge in [-0.25, -0.2) is 4.79 Å². The van der Waals surface area contributed by atoms with Crippen LogP contribution in [0.5, 0.6) is 11.5 Å². The molecule has 33 heavy (non-hydrogen) atoms. The molecule has 1 atom stereocenters. The van der Waals surface area contributed by atoms with Crippen molar-refractivity contribution in [2.45, 2.75) is 57.0 Å². The van der Waals surface area contributed by atoms with Crippen LogP contribution in [0.4, 0.5) is 0 Å². The van der Waals surface area contributed by atoms with Gasteiger partial charge in [-0.2, -0.15) is 0 Å². The number of hydrogen-bond donors (Lipinski definition) is 1. The van der Waals surface area contributed by atoms with Gasteiger partial charge < -0.3 is 19.3 Å². The van der Waals surface area contributed by atoms with Gasteiger partial charge in [0.25, 0.3) is 0 Å². The molecule has 6 heteroatoms. The summed E-state index contributed by atoms with van der Waals surface area (Å²) in [7, 11) is 3.21. The standard InChI is InChI=1S/C27H31ClO5/c1-31-21-10-7-18(8-11-21)15-22-24(29)17-27(33-26(22)30,20-5-3-4-6-20)14-13-19-9-12-25(32-2)23(28)16-19/h7-12,16,20,29H,3-6,13-15,17H2,1-2H3. The van der Waals surface area contributed by atoms with Crippen LogP contribution < -0.4 is 9.47 Å². The first-order chi connectivity index (χ1) is 15.9. The molecule has 5 nitrogen and oxygen atoms in total. The molecule has 0 bridgehead atoms. The third kappa shape index (κ3) is 5.14. The number of carbonyl (C=O) groups excluding carboxylic acids is 1. The maximum Gasteiger partial charge on any atom is 0.338 e. The molecule has 176 valence electrons. The number of aliphatic hydroxyl groups is 1. The molecule has 1 saturated carbocycles. The fourth-order valence-corrected chi connectivity index (χ4v) is 5.44. The van der Waals surface area contributed by atoms with Crippen LogP contribution in [0.3, 0.4) is 0 Å². The first-order valence-corrected chi connectivity index (χ1v) is 11.9. The Bertz CT molecular complexity index is 1020. The maximum atomic E-state index is 13.2. The van der Waals surface area contributed by atoms with E-state index in [4.69, 9.17) is 25.8 Å². The minimum Gasteiger partial charge on any atom is -0.512 e. The number of esters is 1. The molecule has 4 rings (SSSR count). The van der Waals surface area contributed by atoms with Crippen LogP contribution in [-0.4, -0.2) is 30.9 Å². The highest BCUT2D eigenvalue weighted by molar-refractivity contribution is 6.32. The lowest BCUT2D eigenvalue weighted by Crippen LogP contribution is -2.46. The maximum absolute atomic E-state index is 13.2. The molecule has 0 amide bonds. The summed E-state index contributed by atoms with van der Waals surface area (Å²) in [4.78, 5) is 13.2. The highest BCUT2D eigenvalue weighted by Gasteiger charge is 2.47. The zero-order valence-electron chi connectivity index (χ0n) is 19.2. The van der Waals surface area contributed by atoms with Crippen LogP contribution in [-0.2, 0) is 22.4 Å². The second-order valence-electron chi connectivity index (χ2n) is 9.03. The van der Waals surface area contributed by atoms with Crippen molar-refractivity contribution in [2.24, 2.45) is 5.92 Å². The molecule has 2 aromatic carbocycles. The van der Waals surface area contributed by atoms with Crippen molar-refractivity contribution in [2.75, 3.05) is 14.2 Å². The number of benzene rings is 2. The Kier molecular flexibility index (Phi) is 7.18. The normalized spacial score (nSPS) is 21.2. The van der Waals surface area contributed by atoms with Gasteiger partial charge in [0, 0.05) is 12.8 Å². The number of cyclic esters (lactones) is 1. The molecule has 1 aliphatic heterocycles. The van der Waals surface area contributed by atoms with Crippen LogP contribution in [0.1, 0.15) is 49.7 Å². The average Bonchev–Trinajstić information content (AvgIpc) is 3.36. The molecule has 1 N–H and O–H groups in total. The smallest absolute Gasteiger partial charge is 0.338 e. The molecule has 2 aliphatic rings. The SMILES string of the molecule is COc1ccc(CC2=C(O)CC(CCc3ccc(OC)c(Cl)c3)(C3CCCC3)OC2=O)cc1. The Hall–Kier alpha value is -2.66. The van der Waals surface area contributed by atoms with E-state index in [1.54, 1.807) is 14.2 Å². The van der Waals surface area contributed by atoms with Gasteiger partial charge >= 0.3 is 5.97 Å². The Balaban J connectivity index is 1.55. The molecule has 2 aromatic rings. The molecule has 1 aliphatic carbocycles. The predicted molar refractivity (Wildman–Crippen MR) is 128 cm³/mol. The van der Waals surface area contributed by atoms with Crippen molar-refractivity contribution in [1.29, 1.82) is 0 Å². The van der Waals surface area contributed by atoms with Crippen LogP contribution >= 0.6 is 11.6 Å². The van der Waals surface area contributed by atoms with E-state index < -0.39 is 11.6 Å². The van der Waals surface area contributed by atoms with E-state index in [2.05, 4.69) is 0 Å². The fraction of sp³-hybridized carbons (Fsp3) is 0.444. The van der Waals surface area contributed by atoms with Gasteiger partial charge in [-0.15, -0.1) is 0 Å². The minimum absolute atomic E-state index is 0.154. The van der Waals surface area contributed by atoms with Crippen LogP contribution in [0.2, 0.25) is 5.02 Å². The largest absolute Gasteiger partial charge is 0.512 e. The quantitative estimate of drug-likeness (QED) is 0.464. The Morgan fingerprint density at radius 1 is 1.06 bits per heavy atom. The number of halogens is 1. The Morgan fingerprint density at radius 3 is 2.36 bits per heavy atom. The molecule has 0 spiro atoms. The number of ether oxygens (including phenoxy) is 3. The van der Waals surface area contributed by atoms with Gasteiger partial charge in [-0.3, -0.25) is 0 Å². The number of methoxy groups -OCH3 is 2. The van der Waals surface area contributed by atoms with Crippen molar-refractivity contribution in [3.63, 3.8) is 0 Å². The number of aliphatic hydroxyl groups excluding tert-OH is 1. The second-order valence-corrected chi connectivity index (χ2v) is 9.44. The van der Waals surface area contributed by atoms with Crippen molar-refractivity contribution >= 4 is 17.6 Å². The zero-order chi connectivity index (χ0) is 23.4. The summed E-state index contributed by atoms with van der Waals surface area (Å²) >= 11 is 6.31. The lowest BCUT2D eigenvalue weighted by molar-refractivity contribution is -0.167. The molecule has 1 heterocycles. The van der Waals surface area contributed by atoms with Gasteiger partial charge in [0.1, 0.15) is 22.9 Å². The Morgan fingerprint density at radius 2 is 1.76 bits per heavy atom. The van der Waals surface area contributed by atoms with Crippen molar-refractivity contribution in [3.8, 4) is 11.5 Å². The number of rotatable bonds is 8. The third-order valence-electron chi connectivity index (χ3n) is 7.05. The molecule has 1 fully saturated rings. The summed E-state index contributed by atoms with van der Waals surface area (Å²) in [5.41, 5.74) is 1.64. The molecule has 0 aromatic heterocycles. The number of carbonyl (C=O) groups is 1. The lowest BCUT2D eigenvalue weighted by atomic mass is 9.76. The molecule has 0 saturated heterocycles. The molecular weight excluding hydrogens is 440 g/mol.